The van der Waals surface area contributed by atoms with E-state index >= 15 is 0 Å². The number of carbonyl (C=O) groups excluding carboxylic acids is 1. The van der Waals surface area contributed by atoms with E-state index in [1.807, 2.05) is 31.2 Å². The number of ether oxygens (including phenoxy) is 1. The zero-order valence-electron chi connectivity index (χ0n) is 11.5. The molecule has 2 nitrogen and oxygen atoms in total. The molecule has 2 heteroatoms. The zero-order chi connectivity index (χ0) is 13.5. The van der Waals surface area contributed by atoms with Crippen molar-refractivity contribution in [3.63, 3.8) is 0 Å². The highest BCUT2D eigenvalue weighted by molar-refractivity contribution is 5.84. The highest BCUT2D eigenvalue weighted by atomic mass is 16.5. The number of carbonyl (C=O) groups is 1. The molecule has 0 spiro atoms. The highest BCUT2D eigenvalue weighted by Gasteiger charge is 2.07. The number of methoxy groups -OCH3 is 1. The molecule has 0 saturated heterocycles. The molecule has 0 amide bonds. The smallest absolute Gasteiger partial charge is 0.154 e. The first-order chi connectivity index (χ1) is 8.63. The summed E-state index contributed by atoms with van der Waals surface area (Å²) in [5.74, 6) is 0.625. The van der Waals surface area contributed by atoms with Gasteiger partial charge in [0.15, 0.2) is 6.29 Å². The molecule has 0 atom stereocenters. The van der Waals surface area contributed by atoms with Crippen LogP contribution in [0.4, 0.5) is 0 Å². The molecule has 0 aromatic heterocycles. The number of rotatable bonds is 5. The molecule has 0 aliphatic heterocycles. The average Bonchev–Trinajstić information content (AvgIpc) is 2.39. The fourth-order valence-corrected chi connectivity index (χ4v) is 1.66. The lowest BCUT2D eigenvalue weighted by Crippen LogP contribution is -1.95. The second kappa shape index (κ2) is 6.80. The van der Waals surface area contributed by atoms with Crippen LogP contribution in [0.5, 0.6) is 5.75 Å². The molecule has 18 heavy (non-hydrogen) atoms. The molecular weight excluding hydrogens is 224 g/mol. The first-order valence-electron chi connectivity index (χ1n) is 6.10. The topological polar surface area (TPSA) is 26.3 Å². The molecule has 0 bridgehead atoms. The maximum absolute atomic E-state index is 11.1. The minimum absolute atomic E-state index is 0.621. The molecule has 1 aromatic rings. The van der Waals surface area contributed by atoms with Crippen LogP contribution in [0, 0.1) is 6.92 Å². The minimum atomic E-state index is 0.621. The molecule has 1 aromatic carbocycles. The Morgan fingerprint density at radius 3 is 2.67 bits per heavy atom. The Morgan fingerprint density at radius 1 is 1.39 bits per heavy atom. The van der Waals surface area contributed by atoms with E-state index in [1.165, 1.54) is 5.57 Å². The molecule has 1 rings (SSSR count). The number of hydrogen-bond acceptors (Lipinski definition) is 2. The van der Waals surface area contributed by atoms with Crippen molar-refractivity contribution >= 4 is 12.4 Å². The van der Waals surface area contributed by atoms with E-state index in [9.17, 15) is 4.79 Å². The van der Waals surface area contributed by atoms with Crippen molar-refractivity contribution in [1.82, 2.24) is 0 Å². The van der Waals surface area contributed by atoms with Gasteiger partial charge in [-0.1, -0.05) is 36.8 Å². The van der Waals surface area contributed by atoms with Crippen molar-refractivity contribution in [3.05, 3.63) is 46.5 Å². The first kappa shape index (κ1) is 14.2. The van der Waals surface area contributed by atoms with E-state index in [4.69, 9.17) is 4.74 Å². The van der Waals surface area contributed by atoms with Gasteiger partial charge in [-0.2, -0.15) is 0 Å². The van der Waals surface area contributed by atoms with Crippen molar-refractivity contribution < 1.29 is 9.53 Å². The molecule has 0 aliphatic rings. The van der Waals surface area contributed by atoms with E-state index in [1.54, 1.807) is 7.11 Å². The molecule has 0 radical (unpaired) electrons. The van der Waals surface area contributed by atoms with Crippen LogP contribution in [0.15, 0.2) is 29.9 Å². The summed E-state index contributed by atoms with van der Waals surface area (Å²) in [5.41, 5.74) is 3.94. The summed E-state index contributed by atoms with van der Waals surface area (Å²) < 4.78 is 5.16. The fourth-order valence-electron chi connectivity index (χ4n) is 1.66. The second-order valence-electron chi connectivity index (χ2n) is 4.24. The fraction of sp³-hybridized carbons (Fsp3) is 0.312. The van der Waals surface area contributed by atoms with Crippen LogP contribution in [0.25, 0.3) is 6.08 Å². The Labute approximate surface area is 109 Å². The second-order valence-corrected chi connectivity index (χ2v) is 4.24. The third-order valence-electron chi connectivity index (χ3n) is 3.07. The number of aldehydes is 1. The Balaban J connectivity index is 3.08. The third-order valence-corrected chi connectivity index (χ3v) is 3.07. The predicted octanol–water partition coefficient (Wildman–Crippen LogP) is 4.19. The van der Waals surface area contributed by atoms with Gasteiger partial charge in [0.1, 0.15) is 5.75 Å². The lowest BCUT2D eigenvalue weighted by Gasteiger charge is -2.08. The van der Waals surface area contributed by atoms with Crippen molar-refractivity contribution in [1.29, 1.82) is 0 Å². The zero-order valence-corrected chi connectivity index (χ0v) is 11.5. The van der Waals surface area contributed by atoms with Gasteiger partial charge in [0.2, 0.25) is 0 Å². The summed E-state index contributed by atoms with van der Waals surface area (Å²) in [6, 6.07) is 3.79. The summed E-state index contributed by atoms with van der Waals surface area (Å²) in [5, 5.41) is 0. The van der Waals surface area contributed by atoms with Gasteiger partial charge in [-0.3, -0.25) is 4.79 Å². The van der Waals surface area contributed by atoms with Gasteiger partial charge in [-0.15, -0.1) is 0 Å². The summed E-state index contributed by atoms with van der Waals surface area (Å²) >= 11 is 0. The number of benzene rings is 1. The van der Waals surface area contributed by atoms with Crippen molar-refractivity contribution in [2.45, 2.75) is 27.2 Å². The van der Waals surface area contributed by atoms with Crippen LogP contribution in [0.1, 0.15) is 41.8 Å². The molecule has 0 fully saturated rings. The van der Waals surface area contributed by atoms with Crippen LogP contribution < -0.4 is 4.74 Å². The molecule has 96 valence electrons. The van der Waals surface area contributed by atoms with Gasteiger partial charge in [0.25, 0.3) is 0 Å². The predicted molar refractivity (Wildman–Crippen MR) is 76.2 cm³/mol. The van der Waals surface area contributed by atoms with E-state index < -0.39 is 0 Å². The SMILES string of the molecule is CCC(C)=C/C=C\c1ccc(OC)c(C=O)c1C. The Bertz CT molecular complexity index is 482. The number of allylic oxidation sites excluding steroid dienone is 3. The standard InChI is InChI=1S/C16H20O2/c1-5-12(2)7-6-8-14-9-10-16(18-4)15(11-17)13(14)3/h6-11H,5H2,1-4H3/b8-6-,12-7?. The normalized spacial score (nSPS) is 11.9. The van der Waals surface area contributed by atoms with E-state index in [0.717, 1.165) is 23.8 Å². The molecule has 0 N–H and O–H groups in total. The van der Waals surface area contributed by atoms with Crippen LogP contribution >= 0.6 is 0 Å². The molecule has 0 saturated carbocycles. The summed E-state index contributed by atoms with van der Waals surface area (Å²) in [6.07, 6.45) is 8.01. The maximum atomic E-state index is 11.1. The lowest BCUT2D eigenvalue weighted by atomic mass is 10.0. The monoisotopic (exact) mass is 244 g/mol. The van der Waals surface area contributed by atoms with E-state index in [0.29, 0.717) is 11.3 Å². The Hall–Kier alpha value is -1.83. The molecule has 0 aliphatic carbocycles. The minimum Gasteiger partial charge on any atom is -0.496 e. The van der Waals surface area contributed by atoms with Crippen LogP contribution in [-0.4, -0.2) is 13.4 Å². The quantitative estimate of drug-likeness (QED) is 0.573. The highest BCUT2D eigenvalue weighted by Crippen LogP contribution is 2.24. The van der Waals surface area contributed by atoms with Gasteiger partial charge in [0, 0.05) is 0 Å². The maximum Gasteiger partial charge on any atom is 0.154 e. The van der Waals surface area contributed by atoms with Gasteiger partial charge in [0.05, 0.1) is 12.7 Å². The average molecular weight is 244 g/mol. The molecule has 0 unspecified atom stereocenters. The Morgan fingerprint density at radius 2 is 2.11 bits per heavy atom. The van der Waals surface area contributed by atoms with E-state index in [2.05, 4.69) is 19.9 Å². The lowest BCUT2D eigenvalue weighted by molar-refractivity contribution is 0.112. The summed E-state index contributed by atoms with van der Waals surface area (Å²) in [4.78, 5) is 11.1. The van der Waals surface area contributed by atoms with Crippen molar-refractivity contribution in [3.8, 4) is 5.75 Å². The van der Waals surface area contributed by atoms with E-state index in [-0.39, 0.29) is 0 Å². The van der Waals surface area contributed by atoms with Gasteiger partial charge in [-0.05, 0) is 37.5 Å². The Kier molecular flexibility index (Phi) is 5.37. The third kappa shape index (κ3) is 3.33. The van der Waals surface area contributed by atoms with Gasteiger partial charge >= 0.3 is 0 Å². The van der Waals surface area contributed by atoms with Crippen LogP contribution in [0.3, 0.4) is 0 Å². The van der Waals surface area contributed by atoms with Crippen molar-refractivity contribution in [2.24, 2.45) is 0 Å². The van der Waals surface area contributed by atoms with Crippen molar-refractivity contribution in [2.75, 3.05) is 7.11 Å². The van der Waals surface area contributed by atoms with Gasteiger partial charge in [-0.25, -0.2) is 0 Å². The summed E-state index contributed by atoms with van der Waals surface area (Å²) in [6.45, 7) is 6.16. The molecule has 0 heterocycles. The first-order valence-corrected chi connectivity index (χ1v) is 6.10. The summed E-state index contributed by atoms with van der Waals surface area (Å²) in [7, 11) is 1.57. The van der Waals surface area contributed by atoms with Crippen LogP contribution in [-0.2, 0) is 0 Å². The van der Waals surface area contributed by atoms with Gasteiger partial charge < -0.3 is 4.74 Å². The molecular formula is C16H20O2. The number of hydrogen-bond donors (Lipinski definition) is 0. The largest absolute Gasteiger partial charge is 0.496 e. The van der Waals surface area contributed by atoms with Crippen LogP contribution in [0.2, 0.25) is 0 Å².